The van der Waals surface area contributed by atoms with Gasteiger partial charge in [-0.05, 0) is 44.2 Å². The highest BCUT2D eigenvalue weighted by Gasteiger charge is 2.76. The third-order valence-electron chi connectivity index (χ3n) is 10.5. The van der Waals surface area contributed by atoms with Crippen LogP contribution in [0.3, 0.4) is 0 Å². The number of para-hydroxylation sites is 1. The summed E-state index contributed by atoms with van der Waals surface area (Å²) < 4.78 is 27.3. The van der Waals surface area contributed by atoms with Gasteiger partial charge in [0.25, 0.3) is 5.09 Å². The zero-order valence-electron chi connectivity index (χ0n) is 25.1. The molecule has 1 amide bonds. The number of esters is 1. The number of nitrogens with one attached hydrogen (secondary N) is 1. The van der Waals surface area contributed by atoms with Gasteiger partial charge in [-0.2, -0.15) is 0 Å². The zero-order valence-corrected chi connectivity index (χ0v) is 25.1. The molecule has 8 atom stereocenters. The zero-order chi connectivity index (χ0) is 33.7. The van der Waals surface area contributed by atoms with Crippen LogP contribution in [0.1, 0.15) is 45.1 Å². The van der Waals surface area contributed by atoms with E-state index in [1.54, 1.807) is 19.1 Å². The van der Waals surface area contributed by atoms with Crippen molar-refractivity contribution in [3.05, 3.63) is 63.7 Å². The SMILES string of the molecule is C[C@]12C=CC(=O)CC1=CC[C@H]1[C@@H]3C[C@@H](O)[C@](O)(C(=O)COC(=O)NCC(=O)Oc4ccccc4CO[N+](=O)[O-])[C@@]3(C)C[C@H](O)[C@@]12F. The molecule has 14 nitrogen and oxygen atoms in total. The first-order valence-corrected chi connectivity index (χ1v) is 14.8. The van der Waals surface area contributed by atoms with Gasteiger partial charge in [-0.15, -0.1) is 10.1 Å². The third kappa shape index (κ3) is 5.15. The number of carbonyl (C=O) groups is 4. The first-order valence-electron chi connectivity index (χ1n) is 14.8. The summed E-state index contributed by atoms with van der Waals surface area (Å²) in [5.74, 6) is -3.92. The number of benzene rings is 1. The minimum atomic E-state index is -2.50. The van der Waals surface area contributed by atoms with Crippen LogP contribution in [0.2, 0.25) is 0 Å². The lowest BCUT2D eigenvalue weighted by Crippen LogP contribution is -2.69. The number of rotatable bonds is 9. The van der Waals surface area contributed by atoms with Crippen molar-refractivity contribution in [3.63, 3.8) is 0 Å². The van der Waals surface area contributed by atoms with Gasteiger partial charge in [0.1, 0.15) is 18.9 Å². The summed E-state index contributed by atoms with van der Waals surface area (Å²) in [5.41, 5.74) is -6.79. The Hall–Kier alpha value is -4.21. The van der Waals surface area contributed by atoms with Crippen molar-refractivity contribution in [1.29, 1.82) is 0 Å². The van der Waals surface area contributed by atoms with Gasteiger partial charge in [0.05, 0.1) is 12.2 Å². The number of alkyl halides is 1. The van der Waals surface area contributed by atoms with Gasteiger partial charge in [0, 0.05) is 28.7 Å². The number of carbonyl (C=O) groups excluding carboxylic acids is 4. The van der Waals surface area contributed by atoms with E-state index < -0.39 is 88.8 Å². The van der Waals surface area contributed by atoms with Crippen LogP contribution in [0.25, 0.3) is 0 Å². The molecule has 0 heterocycles. The smallest absolute Gasteiger partial charge is 0.408 e. The van der Waals surface area contributed by atoms with Crippen LogP contribution in [0.15, 0.2) is 48.1 Å². The van der Waals surface area contributed by atoms with E-state index in [0.717, 1.165) is 0 Å². The van der Waals surface area contributed by atoms with Gasteiger partial charge >= 0.3 is 12.1 Å². The molecule has 0 unspecified atom stereocenters. The predicted octanol–water partition coefficient (Wildman–Crippen LogP) is 1.67. The van der Waals surface area contributed by atoms with Gasteiger partial charge in [0.2, 0.25) is 5.78 Å². The summed E-state index contributed by atoms with van der Waals surface area (Å²) >= 11 is 0. The fraction of sp³-hybridized carbons (Fsp3) is 0.548. The van der Waals surface area contributed by atoms with Crippen molar-refractivity contribution >= 4 is 23.6 Å². The molecule has 4 aliphatic carbocycles. The summed E-state index contributed by atoms with van der Waals surface area (Å²) in [5, 5.41) is 45.7. The second-order valence-electron chi connectivity index (χ2n) is 12.7. The number of ether oxygens (including phenoxy) is 2. The number of ketones is 2. The van der Waals surface area contributed by atoms with E-state index >= 15 is 4.39 Å². The van der Waals surface area contributed by atoms with E-state index in [9.17, 15) is 44.6 Å². The van der Waals surface area contributed by atoms with Crippen LogP contribution < -0.4 is 10.1 Å². The first kappa shape index (κ1) is 33.2. The van der Waals surface area contributed by atoms with Crippen LogP contribution in [0.5, 0.6) is 5.75 Å². The fourth-order valence-corrected chi connectivity index (χ4v) is 8.08. The molecule has 0 radical (unpaired) electrons. The lowest BCUT2D eigenvalue weighted by molar-refractivity contribution is -0.763. The van der Waals surface area contributed by atoms with Crippen LogP contribution in [0.4, 0.5) is 9.18 Å². The fourth-order valence-electron chi connectivity index (χ4n) is 8.08. The highest BCUT2D eigenvalue weighted by Crippen LogP contribution is 2.69. The molecular weight excluding hydrogens is 611 g/mol. The Kier molecular flexibility index (Phi) is 8.55. The molecule has 1 aromatic rings. The van der Waals surface area contributed by atoms with Crippen molar-refractivity contribution < 1.29 is 58.3 Å². The van der Waals surface area contributed by atoms with E-state index in [-0.39, 0.29) is 42.8 Å². The number of amides is 1. The molecule has 2 fully saturated rings. The van der Waals surface area contributed by atoms with E-state index in [0.29, 0.717) is 5.57 Å². The molecule has 0 aromatic heterocycles. The van der Waals surface area contributed by atoms with Crippen LogP contribution >= 0.6 is 0 Å². The summed E-state index contributed by atoms with van der Waals surface area (Å²) in [6.45, 7) is 0.911. The average Bonchev–Trinajstić information content (AvgIpc) is 3.20. The number of hydrogen-bond donors (Lipinski definition) is 4. The van der Waals surface area contributed by atoms with Gasteiger partial charge in [-0.25, -0.2) is 14.0 Å². The Labute approximate surface area is 262 Å². The van der Waals surface area contributed by atoms with Crippen LogP contribution in [-0.4, -0.2) is 80.7 Å². The first-order chi connectivity index (χ1) is 21.6. The van der Waals surface area contributed by atoms with Crippen LogP contribution in [-0.2, 0) is 30.6 Å². The molecule has 4 N–H and O–H groups in total. The number of alkyl carbamates (subject to hydrolysis) is 1. The number of aliphatic hydroxyl groups excluding tert-OH is 2. The van der Waals surface area contributed by atoms with E-state index in [2.05, 4.69) is 10.2 Å². The Balaban J connectivity index is 1.23. The summed E-state index contributed by atoms with van der Waals surface area (Å²) in [6.07, 6.45) is -0.405. The molecule has 0 spiro atoms. The molecule has 46 heavy (non-hydrogen) atoms. The molecule has 248 valence electrons. The standard InChI is InChI=1S/C31H35FN2O12/c1-28-10-9-19(35)11-18(28)7-8-20-21-12-23(36)31(41,29(21,2)13-24(37)30(20,28)32)25(38)16-44-27(40)33-14-26(39)46-22-6-4-3-5-17(22)15-45-34(42)43/h3-7,9-10,20-21,23-24,36-37,41H,8,11-16H2,1-2H3,(H,33,40)/t20-,21-,23+,24-,28-,29-,30-,31-/m0/s1. The number of fused-ring (bicyclic) bond motifs is 5. The van der Waals surface area contributed by atoms with Crippen molar-refractivity contribution in [2.75, 3.05) is 13.2 Å². The average molecular weight is 647 g/mol. The molecule has 0 bridgehead atoms. The number of allylic oxidation sites excluding steroid dienone is 4. The topological polar surface area (TPSA) is 212 Å². The number of aliphatic hydroxyl groups is 3. The van der Waals surface area contributed by atoms with E-state index in [4.69, 9.17) is 9.47 Å². The molecule has 5 rings (SSSR count). The predicted molar refractivity (Wildman–Crippen MR) is 153 cm³/mol. The molecule has 4 aliphatic rings. The highest BCUT2D eigenvalue weighted by atomic mass is 19.1. The molecule has 0 saturated heterocycles. The molecule has 15 heteroatoms. The van der Waals surface area contributed by atoms with Gasteiger partial charge in [0.15, 0.2) is 23.7 Å². The van der Waals surface area contributed by atoms with Crippen molar-refractivity contribution in [2.45, 2.75) is 69.6 Å². The number of halogens is 1. The minimum Gasteiger partial charge on any atom is -0.441 e. The lowest BCUT2D eigenvalue weighted by atomic mass is 9.45. The molecule has 1 aromatic carbocycles. The molecule has 0 aliphatic heterocycles. The van der Waals surface area contributed by atoms with Gasteiger partial charge in [-0.1, -0.05) is 42.8 Å². The van der Waals surface area contributed by atoms with Gasteiger partial charge < -0.3 is 34.9 Å². The Morgan fingerprint density at radius 3 is 2.59 bits per heavy atom. The maximum absolute atomic E-state index is 17.2. The molecular formula is C31H35FN2O12. The Morgan fingerprint density at radius 1 is 1.15 bits per heavy atom. The second-order valence-corrected chi connectivity index (χ2v) is 12.7. The molecule has 2 saturated carbocycles. The lowest BCUT2D eigenvalue weighted by Gasteiger charge is -2.61. The Bertz CT molecular complexity index is 1530. The van der Waals surface area contributed by atoms with Crippen molar-refractivity contribution in [1.82, 2.24) is 5.32 Å². The van der Waals surface area contributed by atoms with Crippen molar-refractivity contribution in [2.24, 2.45) is 22.7 Å². The third-order valence-corrected chi connectivity index (χ3v) is 10.5. The quantitative estimate of drug-likeness (QED) is 0.0992. The van der Waals surface area contributed by atoms with E-state index in [1.165, 1.54) is 37.3 Å². The summed E-state index contributed by atoms with van der Waals surface area (Å²) in [7, 11) is 0. The monoisotopic (exact) mass is 646 g/mol. The number of nitrogens with zero attached hydrogens (tertiary/aromatic N) is 1. The summed E-state index contributed by atoms with van der Waals surface area (Å²) in [4.78, 5) is 64.8. The Morgan fingerprint density at radius 2 is 1.87 bits per heavy atom. The minimum absolute atomic E-state index is 0.0222. The highest BCUT2D eigenvalue weighted by molar-refractivity contribution is 5.94. The summed E-state index contributed by atoms with van der Waals surface area (Å²) in [6, 6.07) is 5.85. The normalized spacial score (nSPS) is 36.0. The maximum Gasteiger partial charge on any atom is 0.408 e. The second kappa shape index (κ2) is 11.9. The number of Topliss-reactive ketones (excluding diaryl/α,β-unsaturated/α-hetero) is 1. The van der Waals surface area contributed by atoms with Crippen molar-refractivity contribution in [3.8, 4) is 5.75 Å². The maximum atomic E-state index is 17.2. The van der Waals surface area contributed by atoms with E-state index in [1.807, 2.05) is 0 Å². The number of hydrogen-bond acceptors (Lipinski definition) is 12. The van der Waals surface area contributed by atoms with Crippen LogP contribution in [0, 0.1) is 32.8 Å². The largest absolute Gasteiger partial charge is 0.441 e. The van der Waals surface area contributed by atoms with Gasteiger partial charge in [-0.3, -0.25) is 9.59 Å².